The van der Waals surface area contributed by atoms with E-state index in [2.05, 4.69) is 29.4 Å². The number of sulfone groups is 1. The summed E-state index contributed by atoms with van der Waals surface area (Å²) in [6.07, 6.45) is 3.06. The fraction of sp³-hybridized carbons (Fsp3) is 0.650. The zero-order chi connectivity index (χ0) is 19.9. The van der Waals surface area contributed by atoms with E-state index >= 15 is 0 Å². The first kappa shape index (κ1) is 21.5. The third-order valence-electron chi connectivity index (χ3n) is 4.94. The molecule has 0 radical (unpaired) electrons. The van der Waals surface area contributed by atoms with Gasteiger partial charge in [0.05, 0.1) is 17.1 Å². The lowest BCUT2D eigenvalue weighted by atomic mass is 10.1. The van der Waals surface area contributed by atoms with Crippen molar-refractivity contribution in [3.8, 4) is 5.75 Å². The number of guanidine groups is 1. The minimum atomic E-state index is -3.05. The van der Waals surface area contributed by atoms with Gasteiger partial charge in [0.15, 0.2) is 15.8 Å². The minimum Gasteiger partial charge on any atom is -0.494 e. The summed E-state index contributed by atoms with van der Waals surface area (Å²) in [5, 5.41) is 3.36. The van der Waals surface area contributed by atoms with Crippen LogP contribution in [-0.4, -0.2) is 63.1 Å². The van der Waals surface area contributed by atoms with E-state index in [0.29, 0.717) is 13.1 Å². The number of hydrogen-bond donors (Lipinski definition) is 1. The molecular weight excluding hydrogens is 362 g/mol. The van der Waals surface area contributed by atoms with Crippen LogP contribution in [0.25, 0.3) is 0 Å². The maximum absolute atomic E-state index is 12.2. The molecule has 0 aromatic heterocycles. The molecule has 0 aliphatic carbocycles. The van der Waals surface area contributed by atoms with Crippen molar-refractivity contribution in [1.82, 2.24) is 10.2 Å². The number of nitrogens with zero attached hydrogens (tertiary/aromatic N) is 2. The first-order valence-electron chi connectivity index (χ1n) is 9.68. The summed E-state index contributed by atoms with van der Waals surface area (Å²) in [6.45, 7) is 8.16. The second kappa shape index (κ2) is 9.44. The molecule has 7 heteroatoms. The van der Waals surface area contributed by atoms with Crippen molar-refractivity contribution in [2.75, 3.05) is 39.0 Å². The molecule has 1 heterocycles. The van der Waals surface area contributed by atoms with Crippen molar-refractivity contribution in [1.29, 1.82) is 0 Å². The molecule has 1 saturated heterocycles. The highest BCUT2D eigenvalue weighted by molar-refractivity contribution is 7.92. The van der Waals surface area contributed by atoms with Crippen molar-refractivity contribution in [2.45, 2.75) is 44.8 Å². The smallest absolute Gasteiger partial charge is 0.193 e. The van der Waals surface area contributed by atoms with E-state index < -0.39 is 14.6 Å². The Labute approximate surface area is 163 Å². The Kier molecular flexibility index (Phi) is 7.53. The summed E-state index contributed by atoms with van der Waals surface area (Å²) in [5.74, 6) is 1.84. The largest absolute Gasteiger partial charge is 0.494 e. The number of aliphatic imine (C=N–C) groups is 1. The van der Waals surface area contributed by atoms with Gasteiger partial charge in [0.1, 0.15) is 5.75 Å². The van der Waals surface area contributed by atoms with Crippen LogP contribution in [0.3, 0.4) is 0 Å². The standard InChI is InChI=1S/C20H33N3O3S/c1-5-6-14-26-18-9-7-17(8-10-18)11-12-22-19(21-4)23-13-15-27(24,25)20(2,3)16-23/h7-10H,5-6,11-16H2,1-4H3,(H,21,22). The summed E-state index contributed by atoms with van der Waals surface area (Å²) in [6, 6.07) is 8.19. The van der Waals surface area contributed by atoms with E-state index in [1.54, 1.807) is 20.9 Å². The van der Waals surface area contributed by atoms with Gasteiger partial charge in [-0.2, -0.15) is 0 Å². The second-order valence-electron chi connectivity index (χ2n) is 7.57. The van der Waals surface area contributed by atoms with E-state index in [1.165, 1.54) is 5.56 Å². The average Bonchev–Trinajstić information content (AvgIpc) is 2.63. The van der Waals surface area contributed by atoms with Crippen molar-refractivity contribution in [3.63, 3.8) is 0 Å². The summed E-state index contributed by atoms with van der Waals surface area (Å²) >= 11 is 0. The van der Waals surface area contributed by atoms with Crippen molar-refractivity contribution in [2.24, 2.45) is 4.99 Å². The number of nitrogens with one attached hydrogen (secondary N) is 1. The third-order valence-corrected chi connectivity index (χ3v) is 7.47. The highest BCUT2D eigenvalue weighted by Gasteiger charge is 2.40. The molecule has 0 unspecified atom stereocenters. The van der Waals surface area contributed by atoms with Crippen LogP contribution in [0.1, 0.15) is 39.2 Å². The van der Waals surface area contributed by atoms with E-state index in [1.807, 2.05) is 17.0 Å². The molecule has 1 N–H and O–H groups in total. The summed E-state index contributed by atoms with van der Waals surface area (Å²) < 4.78 is 29.3. The van der Waals surface area contributed by atoms with Gasteiger partial charge in [0.25, 0.3) is 0 Å². The SMILES string of the molecule is CCCCOc1ccc(CCNC(=NC)N2CCS(=O)(=O)C(C)(C)C2)cc1. The van der Waals surface area contributed by atoms with Crippen molar-refractivity contribution >= 4 is 15.8 Å². The van der Waals surface area contributed by atoms with E-state index in [0.717, 1.165) is 44.1 Å². The van der Waals surface area contributed by atoms with Gasteiger partial charge in [0, 0.05) is 26.7 Å². The van der Waals surface area contributed by atoms with Gasteiger partial charge in [0.2, 0.25) is 0 Å². The Bertz CT molecular complexity index is 727. The fourth-order valence-corrected chi connectivity index (χ4v) is 4.43. The van der Waals surface area contributed by atoms with Crippen LogP contribution in [-0.2, 0) is 16.3 Å². The lowest BCUT2D eigenvalue weighted by molar-refractivity contribution is 0.309. The van der Waals surface area contributed by atoms with Crippen molar-refractivity contribution in [3.05, 3.63) is 29.8 Å². The van der Waals surface area contributed by atoms with Crippen LogP contribution in [0, 0.1) is 0 Å². The number of unbranched alkanes of at least 4 members (excludes halogenated alkanes) is 1. The lowest BCUT2D eigenvalue weighted by Crippen LogP contribution is -2.57. The van der Waals surface area contributed by atoms with Gasteiger partial charge in [-0.05, 0) is 44.4 Å². The topological polar surface area (TPSA) is 71.0 Å². The molecule has 27 heavy (non-hydrogen) atoms. The fourth-order valence-electron chi connectivity index (χ4n) is 3.06. The quantitative estimate of drug-likeness (QED) is 0.436. The zero-order valence-corrected chi connectivity index (χ0v) is 17.8. The molecule has 1 aliphatic rings. The second-order valence-corrected chi connectivity index (χ2v) is 10.3. The molecule has 1 fully saturated rings. The van der Waals surface area contributed by atoms with Gasteiger partial charge < -0.3 is 15.0 Å². The molecule has 0 amide bonds. The summed E-state index contributed by atoms with van der Waals surface area (Å²) in [5.41, 5.74) is 1.22. The predicted molar refractivity (Wildman–Crippen MR) is 111 cm³/mol. The minimum absolute atomic E-state index is 0.167. The molecule has 1 aromatic carbocycles. The van der Waals surface area contributed by atoms with Crippen LogP contribution < -0.4 is 10.1 Å². The number of benzene rings is 1. The predicted octanol–water partition coefficient (Wildman–Crippen LogP) is 2.49. The van der Waals surface area contributed by atoms with Gasteiger partial charge >= 0.3 is 0 Å². The number of rotatable bonds is 7. The van der Waals surface area contributed by atoms with Crippen LogP contribution in [0.4, 0.5) is 0 Å². The molecular formula is C20H33N3O3S. The normalized spacial score (nSPS) is 19.0. The van der Waals surface area contributed by atoms with Crippen LogP contribution in [0.5, 0.6) is 5.75 Å². The molecule has 6 nitrogen and oxygen atoms in total. The van der Waals surface area contributed by atoms with Crippen LogP contribution in [0.15, 0.2) is 29.3 Å². The Balaban J connectivity index is 1.83. The average molecular weight is 396 g/mol. The highest BCUT2D eigenvalue weighted by atomic mass is 32.2. The van der Waals surface area contributed by atoms with E-state index in [-0.39, 0.29) is 5.75 Å². The molecule has 0 spiro atoms. The molecule has 1 aromatic rings. The molecule has 0 saturated carbocycles. The lowest BCUT2D eigenvalue weighted by Gasteiger charge is -2.39. The van der Waals surface area contributed by atoms with E-state index in [9.17, 15) is 8.42 Å². The monoisotopic (exact) mass is 395 g/mol. The van der Waals surface area contributed by atoms with Crippen LogP contribution >= 0.6 is 0 Å². The van der Waals surface area contributed by atoms with E-state index in [4.69, 9.17) is 4.74 Å². The molecule has 0 bridgehead atoms. The molecule has 0 atom stereocenters. The Morgan fingerprint density at radius 2 is 2.00 bits per heavy atom. The summed E-state index contributed by atoms with van der Waals surface area (Å²) in [4.78, 5) is 6.36. The zero-order valence-electron chi connectivity index (χ0n) is 17.0. The third kappa shape index (κ3) is 5.86. The Hall–Kier alpha value is -1.76. The highest BCUT2D eigenvalue weighted by Crippen LogP contribution is 2.23. The first-order valence-corrected chi connectivity index (χ1v) is 11.3. The molecule has 1 aliphatic heterocycles. The summed E-state index contributed by atoms with van der Waals surface area (Å²) in [7, 11) is -1.31. The van der Waals surface area contributed by atoms with Crippen molar-refractivity contribution < 1.29 is 13.2 Å². The molecule has 152 valence electrons. The first-order chi connectivity index (χ1) is 12.8. The van der Waals surface area contributed by atoms with Gasteiger partial charge in [-0.15, -0.1) is 0 Å². The Morgan fingerprint density at radius 1 is 1.30 bits per heavy atom. The van der Waals surface area contributed by atoms with Gasteiger partial charge in [-0.25, -0.2) is 8.42 Å². The van der Waals surface area contributed by atoms with Gasteiger partial charge in [-0.3, -0.25) is 4.99 Å². The maximum Gasteiger partial charge on any atom is 0.193 e. The maximum atomic E-state index is 12.2. The molecule has 2 rings (SSSR count). The van der Waals surface area contributed by atoms with Gasteiger partial charge in [-0.1, -0.05) is 25.5 Å². The van der Waals surface area contributed by atoms with Crippen LogP contribution in [0.2, 0.25) is 0 Å². The number of hydrogen-bond acceptors (Lipinski definition) is 4. The number of ether oxygens (including phenoxy) is 1. The Morgan fingerprint density at radius 3 is 2.59 bits per heavy atom.